The second kappa shape index (κ2) is 8.66. The molecule has 0 aliphatic carbocycles. The van der Waals surface area contributed by atoms with E-state index in [1.165, 1.54) is 17.5 Å². The lowest BCUT2D eigenvalue weighted by Crippen LogP contribution is -2.00. The fraction of sp³-hybridized carbons (Fsp3) is 0.909. The molecular formula is C11H22OS2. The predicted octanol–water partition coefficient (Wildman–Crippen LogP) is 3.68. The van der Waals surface area contributed by atoms with Gasteiger partial charge in [0, 0.05) is 17.9 Å². The Morgan fingerprint density at radius 2 is 1.64 bits per heavy atom. The molecule has 0 fully saturated rings. The van der Waals surface area contributed by atoms with E-state index in [1.54, 1.807) is 0 Å². The summed E-state index contributed by atoms with van der Waals surface area (Å²) in [5.74, 6) is 4.48. The Morgan fingerprint density at radius 3 is 2.14 bits per heavy atom. The van der Waals surface area contributed by atoms with E-state index in [0.29, 0.717) is 11.0 Å². The Hall–Kier alpha value is 0.370. The molecule has 0 saturated heterocycles. The van der Waals surface area contributed by atoms with Crippen LogP contribution in [0.25, 0.3) is 0 Å². The van der Waals surface area contributed by atoms with Gasteiger partial charge in [0.2, 0.25) is 0 Å². The van der Waals surface area contributed by atoms with Gasteiger partial charge in [0.05, 0.1) is 0 Å². The Labute approximate surface area is 96.8 Å². The summed E-state index contributed by atoms with van der Waals surface area (Å²) in [4.78, 5) is 11.3. The molecular weight excluding hydrogens is 212 g/mol. The van der Waals surface area contributed by atoms with Crippen LogP contribution in [0.15, 0.2) is 0 Å². The van der Waals surface area contributed by atoms with Gasteiger partial charge in [0.15, 0.2) is 5.12 Å². The van der Waals surface area contributed by atoms with Crippen LogP contribution in [0.1, 0.15) is 34.1 Å². The maximum atomic E-state index is 11.3. The number of rotatable bonds is 7. The van der Waals surface area contributed by atoms with E-state index in [9.17, 15) is 4.79 Å². The van der Waals surface area contributed by atoms with E-state index >= 15 is 0 Å². The minimum absolute atomic E-state index is 0.356. The molecule has 14 heavy (non-hydrogen) atoms. The zero-order chi connectivity index (χ0) is 11.0. The molecule has 0 N–H and O–H groups in total. The summed E-state index contributed by atoms with van der Waals surface area (Å²) in [6.07, 6.45) is 0.731. The first-order valence-corrected chi connectivity index (χ1v) is 7.39. The van der Waals surface area contributed by atoms with Crippen LogP contribution in [0, 0.1) is 11.8 Å². The Kier molecular flexibility index (Phi) is 8.89. The van der Waals surface area contributed by atoms with Crippen molar-refractivity contribution in [3.63, 3.8) is 0 Å². The van der Waals surface area contributed by atoms with Gasteiger partial charge >= 0.3 is 0 Å². The highest BCUT2D eigenvalue weighted by molar-refractivity contribution is 8.13. The minimum atomic E-state index is 0.356. The van der Waals surface area contributed by atoms with Gasteiger partial charge in [-0.15, -0.1) is 0 Å². The minimum Gasteiger partial charge on any atom is -0.287 e. The van der Waals surface area contributed by atoms with Gasteiger partial charge in [-0.2, -0.15) is 11.8 Å². The van der Waals surface area contributed by atoms with Crippen LogP contribution >= 0.6 is 23.5 Å². The third-order valence-electron chi connectivity index (χ3n) is 1.48. The second-order valence-electron chi connectivity index (χ2n) is 4.30. The van der Waals surface area contributed by atoms with Crippen LogP contribution in [0.2, 0.25) is 0 Å². The van der Waals surface area contributed by atoms with Gasteiger partial charge in [0.1, 0.15) is 0 Å². The SMILES string of the molecule is CC(C)CSCCC(=O)SCC(C)C. The quantitative estimate of drug-likeness (QED) is 0.626. The Morgan fingerprint density at radius 1 is 1.07 bits per heavy atom. The molecule has 0 rings (SSSR count). The van der Waals surface area contributed by atoms with E-state index in [1.807, 2.05) is 11.8 Å². The molecule has 0 heterocycles. The molecule has 0 aromatic rings. The summed E-state index contributed by atoms with van der Waals surface area (Å²) in [5, 5.41) is 0.356. The van der Waals surface area contributed by atoms with E-state index in [0.717, 1.165) is 23.8 Å². The van der Waals surface area contributed by atoms with Crippen molar-refractivity contribution in [3.8, 4) is 0 Å². The number of hydrogen-bond acceptors (Lipinski definition) is 3. The summed E-state index contributed by atoms with van der Waals surface area (Å²) in [6, 6.07) is 0. The predicted molar refractivity (Wildman–Crippen MR) is 69.1 cm³/mol. The largest absolute Gasteiger partial charge is 0.287 e. The lowest BCUT2D eigenvalue weighted by atomic mass is 10.3. The van der Waals surface area contributed by atoms with Crippen molar-refractivity contribution in [1.29, 1.82) is 0 Å². The highest BCUT2D eigenvalue weighted by atomic mass is 32.2. The fourth-order valence-corrected chi connectivity index (χ4v) is 2.67. The molecule has 0 atom stereocenters. The first-order valence-electron chi connectivity index (χ1n) is 5.25. The number of thioether (sulfide) groups is 2. The summed E-state index contributed by atoms with van der Waals surface area (Å²) in [6.45, 7) is 8.71. The van der Waals surface area contributed by atoms with Gasteiger partial charge in [-0.25, -0.2) is 0 Å². The van der Waals surface area contributed by atoms with Gasteiger partial charge in [-0.3, -0.25) is 4.79 Å². The monoisotopic (exact) mass is 234 g/mol. The summed E-state index contributed by atoms with van der Waals surface area (Å²) >= 11 is 3.38. The molecule has 0 saturated carbocycles. The first kappa shape index (κ1) is 14.4. The van der Waals surface area contributed by atoms with Crippen molar-refractivity contribution < 1.29 is 4.79 Å². The van der Waals surface area contributed by atoms with Gasteiger partial charge < -0.3 is 0 Å². The van der Waals surface area contributed by atoms with E-state index in [-0.39, 0.29) is 0 Å². The molecule has 3 heteroatoms. The molecule has 0 unspecified atom stereocenters. The Bertz CT molecular complexity index is 155. The zero-order valence-electron chi connectivity index (χ0n) is 9.71. The molecule has 0 spiro atoms. The highest BCUT2D eigenvalue weighted by Crippen LogP contribution is 2.14. The third-order valence-corrected chi connectivity index (χ3v) is 4.23. The molecule has 0 aliphatic heterocycles. The second-order valence-corrected chi connectivity index (χ2v) is 6.52. The maximum absolute atomic E-state index is 11.3. The third kappa shape index (κ3) is 10.5. The summed E-state index contributed by atoms with van der Waals surface area (Å²) in [5.41, 5.74) is 0. The van der Waals surface area contributed by atoms with Crippen molar-refractivity contribution in [2.24, 2.45) is 11.8 Å². The molecule has 84 valence electrons. The summed E-state index contributed by atoms with van der Waals surface area (Å²) < 4.78 is 0. The van der Waals surface area contributed by atoms with Crippen molar-refractivity contribution in [2.45, 2.75) is 34.1 Å². The first-order chi connectivity index (χ1) is 6.52. The van der Waals surface area contributed by atoms with E-state index in [4.69, 9.17) is 0 Å². The smallest absolute Gasteiger partial charge is 0.189 e. The van der Waals surface area contributed by atoms with Crippen LogP contribution in [-0.4, -0.2) is 22.4 Å². The average molecular weight is 234 g/mol. The van der Waals surface area contributed by atoms with Gasteiger partial charge in [-0.1, -0.05) is 39.5 Å². The van der Waals surface area contributed by atoms with Crippen LogP contribution in [0.4, 0.5) is 0 Å². The molecule has 0 bridgehead atoms. The normalized spacial score (nSPS) is 11.3. The van der Waals surface area contributed by atoms with Crippen LogP contribution < -0.4 is 0 Å². The number of carbonyl (C=O) groups is 1. The lowest BCUT2D eigenvalue weighted by Gasteiger charge is -2.05. The molecule has 0 aromatic carbocycles. The molecule has 0 aromatic heterocycles. The maximum Gasteiger partial charge on any atom is 0.189 e. The van der Waals surface area contributed by atoms with E-state index < -0.39 is 0 Å². The van der Waals surface area contributed by atoms with Crippen LogP contribution in [0.3, 0.4) is 0 Å². The molecule has 1 nitrogen and oxygen atoms in total. The van der Waals surface area contributed by atoms with Crippen molar-refractivity contribution in [2.75, 3.05) is 17.3 Å². The summed E-state index contributed by atoms with van der Waals surface area (Å²) in [7, 11) is 0. The number of hydrogen-bond donors (Lipinski definition) is 0. The zero-order valence-corrected chi connectivity index (χ0v) is 11.3. The van der Waals surface area contributed by atoms with E-state index in [2.05, 4.69) is 27.7 Å². The van der Waals surface area contributed by atoms with Crippen molar-refractivity contribution in [1.82, 2.24) is 0 Å². The van der Waals surface area contributed by atoms with Crippen molar-refractivity contribution >= 4 is 28.6 Å². The molecule has 0 aliphatic rings. The van der Waals surface area contributed by atoms with Crippen LogP contribution in [0.5, 0.6) is 0 Å². The van der Waals surface area contributed by atoms with Gasteiger partial charge in [-0.05, 0) is 17.6 Å². The number of carbonyl (C=O) groups excluding carboxylic acids is 1. The topological polar surface area (TPSA) is 17.1 Å². The average Bonchev–Trinajstić information content (AvgIpc) is 2.08. The Balaban J connectivity index is 3.27. The van der Waals surface area contributed by atoms with Gasteiger partial charge in [0.25, 0.3) is 0 Å². The van der Waals surface area contributed by atoms with Crippen molar-refractivity contribution in [3.05, 3.63) is 0 Å². The lowest BCUT2D eigenvalue weighted by molar-refractivity contribution is -0.110. The fourth-order valence-electron chi connectivity index (χ4n) is 0.806. The highest BCUT2D eigenvalue weighted by Gasteiger charge is 2.04. The molecule has 0 amide bonds. The van der Waals surface area contributed by atoms with Crippen LogP contribution in [-0.2, 0) is 4.79 Å². The molecule has 0 radical (unpaired) electrons. The standard InChI is InChI=1S/C11H22OS2/c1-9(2)7-13-6-5-11(12)14-8-10(3)4/h9-10H,5-8H2,1-4H3.